The Morgan fingerprint density at radius 1 is 0.680 bits per heavy atom. The van der Waals surface area contributed by atoms with E-state index in [1.165, 1.54) is 89.2 Å². The van der Waals surface area contributed by atoms with Gasteiger partial charge in [-0.3, -0.25) is 4.98 Å². The first kappa shape index (κ1) is 22.0. The first-order valence-electron chi connectivity index (χ1n) is 10.7. The van der Waals surface area contributed by atoms with Crippen LogP contribution in [0.3, 0.4) is 0 Å². The van der Waals surface area contributed by atoms with Gasteiger partial charge in [-0.15, -0.1) is 0 Å². The second kappa shape index (κ2) is 14.2. The molecule has 1 rings (SSSR count). The molecule has 0 aliphatic rings. The van der Waals surface area contributed by atoms with E-state index >= 15 is 0 Å². The molecule has 1 heterocycles. The molecule has 2 heteroatoms. The summed E-state index contributed by atoms with van der Waals surface area (Å²) in [5.41, 5.74) is 1.71. The monoisotopic (exact) mass is 346 g/mol. The summed E-state index contributed by atoms with van der Waals surface area (Å²) in [7, 11) is 0. The molecule has 0 aromatic carbocycles. The first-order chi connectivity index (χ1) is 12.1. The summed E-state index contributed by atoms with van der Waals surface area (Å²) in [4.78, 5) is 4.03. The zero-order valence-corrected chi connectivity index (χ0v) is 17.2. The van der Waals surface area contributed by atoms with Gasteiger partial charge in [-0.25, -0.2) is 0 Å². The van der Waals surface area contributed by atoms with Crippen LogP contribution < -0.4 is 5.32 Å². The van der Waals surface area contributed by atoms with E-state index in [1.807, 2.05) is 24.5 Å². The van der Waals surface area contributed by atoms with E-state index in [0.29, 0.717) is 5.41 Å². The minimum atomic E-state index is 0.523. The Hall–Kier alpha value is -1.05. The fraction of sp³-hybridized carbons (Fsp3) is 0.783. The molecule has 0 atom stereocenters. The van der Waals surface area contributed by atoms with Crippen molar-refractivity contribution >= 4 is 5.69 Å². The highest BCUT2D eigenvalue weighted by molar-refractivity contribution is 5.40. The van der Waals surface area contributed by atoms with Gasteiger partial charge >= 0.3 is 0 Å². The summed E-state index contributed by atoms with van der Waals surface area (Å²) in [6.07, 6.45) is 22.0. The molecule has 1 aromatic rings. The molecule has 0 saturated heterocycles. The van der Waals surface area contributed by atoms with Crippen LogP contribution in [0.4, 0.5) is 5.69 Å². The van der Waals surface area contributed by atoms with E-state index in [9.17, 15) is 0 Å². The van der Waals surface area contributed by atoms with E-state index < -0.39 is 0 Å². The fourth-order valence-electron chi connectivity index (χ4n) is 3.25. The molecular weight excluding hydrogens is 304 g/mol. The zero-order valence-electron chi connectivity index (χ0n) is 17.2. The Kier molecular flexibility index (Phi) is 12.5. The average Bonchev–Trinajstić information content (AvgIpc) is 2.58. The molecule has 0 aliphatic carbocycles. The van der Waals surface area contributed by atoms with Gasteiger partial charge in [0.05, 0.1) is 0 Å². The summed E-state index contributed by atoms with van der Waals surface area (Å²) in [6.45, 7) is 8.14. The number of hydrogen-bond donors (Lipinski definition) is 1. The van der Waals surface area contributed by atoms with Crippen LogP contribution in [-0.2, 0) is 0 Å². The van der Waals surface area contributed by atoms with Crippen molar-refractivity contribution in [2.75, 3.05) is 11.9 Å². The highest BCUT2D eigenvalue weighted by atomic mass is 14.9. The predicted octanol–water partition coefficient (Wildman–Crippen LogP) is 7.61. The van der Waals surface area contributed by atoms with Crippen LogP contribution in [0.1, 0.15) is 104 Å². The van der Waals surface area contributed by atoms with Crippen LogP contribution in [0.25, 0.3) is 0 Å². The summed E-state index contributed by atoms with van der Waals surface area (Å²) >= 11 is 0. The lowest BCUT2D eigenvalue weighted by molar-refractivity contribution is 0.356. The molecule has 0 radical (unpaired) electrons. The highest BCUT2D eigenvalue weighted by Gasteiger charge is 2.08. The number of nitrogens with one attached hydrogen (secondary N) is 1. The molecule has 0 saturated carbocycles. The molecule has 144 valence electrons. The third-order valence-corrected chi connectivity index (χ3v) is 4.86. The summed E-state index contributed by atoms with van der Waals surface area (Å²) < 4.78 is 0. The van der Waals surface area contributed by atoms with Gasteiger partial charge < -0.3 is 5.32 Å². The largest absolute Gasteiger partial charge is 0.385 e. The van der Waals surface area contributed by atoms with E-state index in [-0.39, 0.29) is 0 Å². The lowest BCUT2D eigenvalue weighted by Crippen LogP contribution is -2.03. The molecule has 0 unspecified atom stereocenters. The van der Waals surface area contributed by atoms with E-state index in [0.717, 1.165) is 6.54 Å². The molecule has 2 nitrogen and oxygen atoms in total. The second-order valence-corrected chi connectivity index (χ2v) is 8.72. The Bertz CT molecular complexity index is 394. The summed E-state index contributed by atoms with van der Waals surface area (Å²) in [5, 5.41) is 3.45. The molecule has 1 N–H and O–H groups in total. The van der Waals surface area contributed by atoms with Crippen LogP contribution in [0.5, 0.6) is 0 Å². The zero-order chi connectivity index (χ0) is 18.2. The lowest BCUT2D eigenvalue weighted by atomic mass is 9.89. The highest BCUT2D eigenvalue weighted by Crippen LogP contribution is 2.22. The van der Waals surface area contributed by atoms with Gasteiger partial charge in [0.25, 0.3) is 0 Å². The van der Waals surface area contributed by atoms with Crippen LogP contribution in [0.2, 0.25) is 0 Å². The van der Waals surface area contributed by atoms with Gasteiger partial charge in [0, 0.05) is 24.6 Å². The number of rotatable bonds is 15. The van der Waals surface area contributed by atoms with Gasteiger partial charge in [0.2, 0.25) is 0 Å². The quantitative estimate of drug-likeness (QED) is 0.330. The standard InChI is InChI=1S/C23H42N2/c1-23(2,3)18-14-12-10-8-6-4-5-7-9-11-13-15-19-25-22-16-20-24-21-17-22/h16-17,20-21H,4-15,18-19H2,1-3H3,(H,24,25). The first-order valence-corrected chi connectivity index (χ1v) is 10.7. The normalized spacial score (nSPS) is 11.6. The van der Waals surface area contributed by atoms with Crippen molar-refractivity contribution in [1.29, 1.82) is 0 Å². The number of hydrogen-bond acceptors (Lipinski definition) is 2. The maximum Gasteiger partial charge on any atom is 0.0371 e. The van der Waals surface area contributed by atoms with Crippen molar-refractivity contribution in [2.24, 2.45) is 5.41 Å². The molecule has 0 bridgehead atoms. The van der Waals surface area contributed by atoms with Gasteiger partial charge in [0.1, 0.15) is 0 Å². The van der Waals surface area contributed by atoms with E-state index in [2.05, 4.69) is 31.1 Å². The molecule has 0 spiro atoms. The van der Waals surface area contributed by atoms with Crippen LogP contribution >= 0.6 is 0 Å². The summed E-state index contributed by atoms with van der Waals surface area (Å²) in [6, 6.07) is 4.06. The van der Waals surface area contributed by atoms with Crippen molar-refractivity contribution in [3.8, 4) is 0 Å². The van der Waals surface area contributed by atoms with Crippen LogP contribution in [0, 0.1) is 5.41 Å². The average molecular weight is 347 g/mol. The maximum atomic E-state index is 4.03. The molecular formula is C23H42N2. The van der Waals surface area contributed by atoms with Crippen molar-refractivity contribution < 1.29 is 0 Å². The lowest BCUT2D eigenvalue weighted by Gasteiger charge is -2.17. The number of anilines is 1. The third-order valence-electron chi connectivity index (χ3n) is 4.86. The Labute approximate surface area is 157 Å². The smallest absolute Gasteiger partial charge is 0.0371 e. The van der Waals surface area contributed by atoms with Gasteiger partial charge in [-0.1, -0.05) is 91.4 Å². The van der Waals surface area contributed by atoms with Crippen LogP contribution in [-0.4, -0.2) is 11.5 Å². The number of aromatic nitrogens is 1. The molecule has 0 aliphatic heterocycles. The van der Waals surface area contributed by atoms with Gasteiger partial charge in [-0.05, 0) is 30.4 Å². The number of nitrogens with zero attached hydrogens (tertiary/aromatic N) is 1. The third kappa shape index (κ3) is 15.0. The predicted molar refractivity (Wildman–Crippen MR) is 112 cm³/mol. The Morgan fingerprint density at radius 3 is 1.60 bits per heavy atom. The molecule has 1 aromatic heterocycles. The van der Waals surface area contributed by atoms with Crippen molar-refractivity contribution in [3.05, 3.63) is 24.5 Å². The van der Waals surface area contributed by atoms with Crippen molar-refractivity contribution in [2.45, 2.75) is 104 Å². The Balaban J connectivity index is 1.73. The second-order valence-electron chi connectivity index (χ2n) is 8.72. The SMILES string of the molecule is CC(C)(C)CCCCCCCCCCCCCCNc1ccncc1. The topological polar surface area (TPSA) is 24.9 Å². The maximum absolute atomic E-state index is 4.03. The molecule has 25 heavy (non-hydrogen) atoms. The van der Waals surface area contributed by atoms with Crippen molar-refractivity contribution in [1.82, 2.24) is 4.98 Å². The van der Waals surface area contributed by atoms with E-state index in [1.54, 1.807) is 0 Å². The Morgan fingerprint density at radius 2 is 1.12 bits per heavy atom. The number of pyridine rings is 1. The van der Waals surface area contributed by atoms with Gasteiger partial charge in [-0.2, -0.15) is 0 Å². The molecule has 0 fully saturated rings. The van der Waals surface area contributed by atoms with E-state index in [4.69, 9.17) is 0 Å². The minimum Gasteiger partial charge on any atom is -0.385 e. The van der Waals surface area contributed by atoms with Gasteiger partial charge in [0.15, 0.2) is 0 Å². The summed E-state index contributed by atoms with van der Waals surface area (Å²) in [5.74, 6) is 0. The minimum absolute atomic E-state index is 0.523. The fourth-order valence-corrected chi connectivity index (χ4v) is 3.25. The van der Waals surface area contributed by atoms with Crippen molar-refractivity contribution in [3.63, 3.8) is 0 Å². The van der Waals surface area contributed by atoms with Crippen LogP contribution in [0.15, 0.2) is 24.5 Å². The molecule has 0 amide bonds. The number of unbranched alkanes of at least 4 members (excludes halogenated alkanes) is 11.